The molecular formula is C6H3ClF2N2O3. The first-order chi connectivity index (χ1) is 6.45. The number of aromatic nitrogens is 1. The van der Waals surface area contributed by atoms with Crippen molar-refractivity contribution in [3.8, 4) is 5.75 Å². The second kappa shape index (κ2) is 3.70. The van der Waals surface area contributed by atoms with Crippen molar-refractivity contribution in [2.45, 2.75) is 6.43 Å². The van der Waals surface area contributed by atoms with E-state index in [1.54, 1.807) is 0 Å². The maximum absolute atomic E-state index is 12.1. The SMILES string of the molecule is O=[N+]([O-])c1c(Cl)cnc(C(F)F)c1O. The van der Waals surface area contributed by atoms with Crippen molar-refractivity contribution in [3.63, 3.8) is 0 Å². The Labute approximate surface area is 81.1 Å². The summed E-state index contributed by atoms with van der Waals surface area (Å²) in [6.07, 6.45) is -2.40. The van der Waals surface area contributed by atoms with Crippen LogP contribution in [0.5, 0.6) is 5.75 Å². The molecule has 1 aromatic rings. The topological polar surface area (TPSA) is 76.3 Å². The Hall–Kier alpha value is -1.50. The molecule has 0 aromatic carbocycles. The predicted octanol–water partition coefficient (Wildman–Crippen LogP) is 2.29. The number of pyridine rings is 1. The number of hydrogen-bond donors (Lipinski definition) is 1. The quantitative estimate of drug-likeness (QED) is 0.618. The van der Waals surface area contributed by atoms with Gasteiger partial charge in [0.2, 0.25) is 5.75 Å². The van der Waals surface area contributed by atoms with Gasteiger partial charge >= 0.3 is 5.69 Å². The Morgan fingerprint density at radius 3 is 2.64 bits per heavy atom. The van der Waals surface area contributed by atoms with Crippen LogP contribution in [0.4, 0.5) is 14.5 Å². The molecule has 0 radical (unpaired) electrons. The summed E-state index contributed by atoms with van der Waals surface area (Å²) in [6.45, 7) is 0. The van der Waals surface area contributed by atoms with Crippen LogP contribution in [0.1, 0.15) is 12.1 Å². The average molecular weight is 225 g/mol. The molecule has 5 nitrogen and oxygen atoms in total. The highest BCUT2D eigenvalue weighted by atomic mass is 35.5. The van der Waals surface area contributed by atoms with E-state index in [1.807, 2.05) is 0 Å². The number of nitrogens with zero attached hydrogens (tertiary/aromatic N) is 2. The van der Waals surface area contributed by atoms with Gasteiger partial charge in [-0.25, -0.2) is 13.8 Å². The van der Waals surface area contributed by atoms with E-state index >= 15 is 0 Å². The highest BCUT2D eigenvalue weighted by Gasteiger charge is 2.27. The van der Waals surface area contributed by atoms with E-state index in [0.29, 0.717) is 6.20 Å². The molecule has 0 unspecified atom stereocenters. The van der Waals surface area contributed by atoms with Crippen LogP contribution in [0.25, 0.3) is 0 Å². The van der Waals surface area contributed by atoms with Gasteiger partial charge in [0.05, 0.1) is 11.1 Å². The largest absolute Gasteiger partial charge is 0.501 e. The summed E-state index contributed by atoms with van der Waals surface area (Å²) < 4.78 is 24.2. The van der Waals surface area contributed by atoms with Gasteiger partial charge in [-0.05, 0) is 0 Å². The number of nitro groups is 1. The van der Waals surface area contributed by atoms with Crippen molar-refractivity contribution < 1.29 is 18.8 Å². The lowest BCUT2D eigenvalue weighted by atomic mass is 10.3. The number of rotatable bonds is 2. The van der Waals surface area contributed by atoms with E-state index in [0.717, 1.165) is 0 Å². The van der Waals surface area contributed by atoms with Crippen molar-refractivity contribution in [1.82, 2.24) is 4.98 Å². The molecule has 1 heterocycles. The fraction of sp³-hybridized carbons (Fsp3) is 0.167. The summed E-state index contributed by atoms with van der Waals surface area (Å²) in [6, 6.07) is 0. The summed E-state index contributed by atoms with van der Waals surface area (Å²) in [5.41, 5.74) is -2.02. The number of hydrogen-bond acceptors (Lipinski definition) is 4. The van der Waals surface area contributed by atoms with Crippen LogP contribution in [0, 0.1) is 10.1 Å². The van der Waals surface area contributed by atoms with Crippen LogP contribution in [0.2, 0.25) is 5.02 Å². The molecule has 8 heteroatoms. The Bertz CT molecular complexity index is 386. The second-order valence-electron chi connectivity index (χ2n) is 2.25. The molecule has 14 heavy (non-hydrogen) atoms. The van der Waals surface area contributed by atoms with Crippen LogP contribution in [0.3, 0.4) is 0 Å². The minimum atomic E-state index is -3.09. The molecule has 1 rings (SSSR count). The van der Waals surface area contributed by atoms with E-state index in [1.165, 1.54) is 0 Å². The molecule has 76 valence electrons. The summed E-state index contributed by atoms with van der Waals surface area (Å²) in [7, 11) is 0. The van der Waals surface area contributed by atoms with Crippen LogP contribution in [-0.2, 0) is 0 Å². The van der Waals surface area contributed by atoms with E-state index < -0.39 is 33.5 Å². The number of halogens is 3. The molecular weight excluding hydrogens is 222 g/mol. The van der Waals surface area contributed by atoms with Crippen LogP contribution in [0.15, 0.2) is 6.20 Å². The lowest BCUT2D eigenvalue weighted by molar-refractivity contribution is -0.385. The van der Waals surface area contributed by atoms with Gasteiger partial charge in [-0.2, -0.15) is 0 Å². The third-order valence-electron chi connectivity index (χ3n) is 1.40. The van der Waals surface area contributed by atoms with Gasteiger partial charge in [-0.1, -0.05) is 11.6 Å². The number of aromatic hydroxyl groups is 1. The lowest BCUT2D eigenvalue weighted by Crippen LogP contribution is -1.97. The van der Waals surface area contributed by atoms with Crippen molar-refractivity contribution in [1.29, 1.82) is 0 Å². The van der Waals surface area contributed by atoms with Crippen molar-refractivity contribution in [3.05, 3.63) is 27.0 Å². The molecule has 0 saturated heterocycles. The van der Waals surface area contributed by atoms with Crippen LogP contribution in [-0.4, -0.2) is 15.0 Å². The van der Waals surface area contributed by atoms with Crippen molar-refractivity contribution >= 4 is 17.3 Å². The second-order valence-corrected chi connectivity index (χ2v) is 2.65. The van der Waals surface area contributed by atoms with Gasteiger partial charge in [-0.15, -0.1) is 0 Å². The zero-order valence-electron chi connectivity index (χ0n) is 6.45. The number of alkyl halides is 2. The van der Waals surface area contributed by atoms with Gasteiger partial charge in [0, 0.05) is 0 Å². The lowest BCUT2D eigenvalue weighted by Gasteiger charge is -2.03. The summed E-state index contributed by atoms with van der Waals surface area (Å²) in [5.74, 6) is -1.20. The standard InChI is InChI=1S/C6H3ClF2N2O3/c7-2-1-10-3(6(8)9)5(12)4(2)11(13)14/h1,6,12H. The summed E-state index contributed by atoms with van der Waals surface area (Å²) in [4.78, 5) is 12.3. The molecule has 0 atom stereocenters. The third kappa shape index (κ3) is 1.72. The van der Waals surface area contributed by atoms with E-state index in [4.69, 9.17) is 16.7 Å². The third-order valence-corrected chi connectivity index (χ3v) is 1.68. The zero-order chi connectivity index (χ0) is 10.9. The highest BCUT2D eigenvalue weighted by molar-refractivity contribution is 6.32. The maximum atomic E-state index is 12.1. The first-order valence-electron chi connectivity index (χ1n) is 3.25. The molecule has 0 aliphatic heterocycles. The van der Waals surface area contributed by atoms with E-state index in [9.17, 15) is 18.9 Å². The van der Waals surface area contributed by atoms with Gasteiger partial charge in [0.25, 0.3) is 6.43 Å². The van der Waals surface area contributed by atoms with Gasteiger partial charge in [0.1, 0.15) is 5.02 Å². The first kappa shape index (κ1) is 10.6. The van der Waals surface area contributed by atoms with E-state index in [-0.39, 0.29) is 0 Å². The van der Waals surface area contributed by atoms with Gasteiger partial charge in [0.15, 0.2) is 5.69 Å². The normalized spacial score (nSPS) is 10.6. The Morgan fingerprint density at radius 1 is 1.64 bits per heavy atom. The molecule has 0 amide bonds. The predicted molar refractivity (Wildman–Crippen MR) is 42.5 cm³/mol. The monoisotopic (exact) mass is 224 g/mol. The van der Waals surface area contributed by atoms with Crippen molar-refractivity contribution in [2.75, 3.05) is 0 Å². The molecule has 0 saturated carbocycles. The average Bonchev–Trinajstić information content (AvgIpc) is 2.02. The Balaban J connectivity index is 3.41. The minimum Gasteiger partial charge on any atom is -0.501 e. The highest BCUT2D eigenvalue weighted by Crippen LogP contribution is 2.38. The zero-order valence-corrected chi connectivity index (χ0v) is 7.20. The molecule has 1 N–H and O–H groups in total. The molecule has 1 aromatic heterocycles. The van der Waals surface area contributed by atoms with Crippen LogP contribution >= 0.6 is 11.6 Å². The first-order valence-corrected chi connectivity index (χ1v) is 3.62. The van der Waals surface area contributed by atoms with Gasteiger partial charge < -0.3 is 5.11 Å². The molecule has 0 spiro atoms. The summed E-state index contributed by atoms with van der Waals surface area (Å²) in [5, 5.41) is 18.9. The van der Waals surface area contributed by atoms with Crippen molar-refractivity contribution in [2.24, 2.45) is 0 Å². The maximum Gasteiger partial charge on any atom is 0.332 e. The fourth-order valence-corrected chi connectivity index (χ4v) is 1.02. The Morgan fingerprint density at radius 2 is 2.21 bits per heavy atom. The Kier molecular flexibility index (Phi) is 2.80. The molecule has 0 aliphatic rings. The van der Waals surface area contributed by atoms with Crippen LogP contribution < -0.4 is 0 Å². The van der Waals surface area contributed by atoms with E-state index in [2.05, 4.69) is 4.98 Å². The molecule has 0 aliphatic carbocycles. The smallest absolute Gasteiger partial charge is 0.332 e. The fourth-order valence-electron chi connectivity index (χ4n) is 0.816. The minimum absolute atomic E-state index is 0.489. The molecule has 0 fully saturated rings. The van der Waals surface area contributed by atoms with Gasteiger partial charge in [-0.3, -0.25) is 10.1 Å². The summed E-state index contributed by atoms with van der Waals surface area (Å²) >= 11 is 5.29. The molecule has 0 bridgehead atoms.